The van der Waals surface area contributed by atoms with E-state index in [4.69, 9.17) is 9.84 Å². The number of carboxylic acids is 1. The lowest BCUT2D eigenvalue weighted by Crippen LogP contribution is -2.16. The molecule has 0 aliphatic rings. The average molecular weight is 521 g/mol. The van der Waals surface area contributed by atoms with Crippen molar-refractivity contribution in [1.82, 2.24) is 0 Å². The Hall–Kier alpha value is -1.58. The number of carbonyl (C=O) groups excluding carboxylic acids is 1. The van der Waals surface area contributed by atoms with E-state index in [0.717, 1.165) is 57.8 Å². The molecule has 0 saturated carbocycles. The first-order valence-electron chi connectivity index (χ1n) is 15.8. The third kappa shape index (κ3) is 28.8. The number of hydrogen-bond donors (Lipinski definition) is 1. The fourth-order valence-electron chi connectivity index (χ4n) is 4.53. The highest BCUT2D eigenvalue weighted by atomic mass is 16.5. The topological polar surface area (TPSA) is 63.6 Å². The fourth-order valence-corrected chi connectivity index (χ4v) is 4.53. The zero-order chi connectivity index (χ0) is 27.2. The van der Waals surface area contributed by atoms with Crippen molar-refractivity contribution in [2.24, 2.45) is 0 Å². The number of carboxylic acid groups (broad SMARTS) is 1. The van der Waals surface area contributed by atoms with Crippen molar-refractivity contribution < 1.29 is 19.4 Å². The van der Waals surface area contributed by atoms with Gasteiger partial charge >= 0.3 is 11.9 Å². The van der Waals surface area contributed by atoms with Gasteiger partial charge in [0, 0.05) is 12.8 Å². The molecular weight excluding hydrogens is 460 g/mol. The smallest absolute Gasteiger partial charge is 0.306 e. The molecule has 0 aromatic carbocycles. The maximum absolute atomic E-state index is 12.4. The van der Waals surface area contributed by atoms with Crippen LogP contribution in [0.15, 0.2) is 24.3 Å². The van der Waals surface area contributed by atoms with Crippen LogP contribution in [0.2, 0.25) is 0 Å². The van der Waals surface area contributed by atoms with E-state index in [0.29, 0.717) is 6.42 Å². The van der Waals surface area contributed by atoms with Crippen molar-refractivity contribution in [2.75, 3.05) is 0 Å². The highest BCUT2D eigenvalue weighted by Crippen LogP contribution is 2.15. The number of aliphatic carboxylic acids is 1. The first-order chi connectivity index (χ1) is 18.1. The molecule has 0 radical (unpaired) electrons. The first-order valence-corrected chi connectivity index (χ1v) is 15.8. The maximum Gasteiger partial charge on any atom is 0.306 e. The molecule has 1 atom stereocenters. The lowest BCUT2D eigenvalue weighted by molar-refractivity contribution is -0.147. The Balaban J connectivity index is 4.04. The van der Waals surface area contributed by atoms with Gasteiger partial charge in [0.2, 0.25) is 0 Å². The summed E-state index contributed by atoms with van der Waals surface area (Å²) in [5.74, 6) is -0.808. The van der Waals surface area contributed by atoms with Gasteiger partial charge in [-0.1, -0.05) is 135 Å². The van der Waals surface area contributed by atoms with Crippen molar-refractivity contribution in [1.29, 1.82) is 0 Å². The average Bonchev–Trinajstić information content (AvgIpc) is 2.87. The van der Waals surface area contributed by atoms with E-state index in [-0.39, 0.29) is 18.5 Å². The van der Waals surface area contributed by atoms with E-state index in [1.54, 1.807) is 0 Å². The van der Waals surface area contributed by atoms with Gasteiger partial charge in [-0.3, -0.25) is 9.59 Å². The van der Waals surface area contributed by atoms with Crippen LogP contribution >= 0.6 is 0 Å². The molecule has 1 N–H and O–H groups in total. The van der Waals surface area contributed by atoms with Crippen molar-refractivity contribution in [2.45, 2.75) is 174 Å². The number of hydrogen-bond acceptors (Lipinski definition) is 3. The molecule has 4 heteroatoms. The second-order valence-electron chi connectivity index (χ2n) is 10.6. The van der Waals surface area contributed by atoms with Crippen molar-refractivity contribution in [3.05, 3.63) is 24.3 Å². The molecule has 0 amide bonds. The molecule has 0 heterocycles. The highest BCUT2D eigenvalue weighted by molar-refractivity contribution is 5.69. The molecule has 0 aliphatic heterocycles. The van der Waals surface area contributed by atoms with Crippen molar-refractivity contribution >= 4 is 11.9 Å². The summed E-state index contributed by atoms with van der Waals surface area (Å²) in [6.07, 6.45) is 34.8. The fraction of sp³-hybridized carbons (Fsp3) is 0.818. The van der Waals surface area contributed by atoms with Crippen LogP contribution in [0, 0.1) is 0 Å². The van der Waals surface area contributed by atoms with Crippen LogP contribution in [0.4, 0.5) is 0 Å². The van der Waals surface area contributed by atoms with Gasteiger partial charge in [0.1, 0.15) is 6.10 Å². The van der Waals surface area contributed by atoms with Crippen LogP contribution in [0.25, 0.3) is 0 Å². The molecule has 0 saturated heterocycles. The summed E-state index contributed by atoms with van der Waals surface area (Å²) in [4.78, 5) is 23.1. The minimum atomic E-state index is -0.727. The maximum atomic E-state index is 12.4. The van der Waals surface area contributed by atoms with E-state index in [1.165, 1.54) is 83.5 Å². The number of rotatable bonds is 28. The van der Waals surface area contributed by atoms with Crippen LogP contribution in [0.1, 0.15) is 168 Å². The second kappa shape index (κ2) is 29.0. The third-order valence-corrected chi connectivity index (χ3v) is 6.91. The highest BCUT2D eigenvalue weighted by Gasteiger charge is 2.11. The van der Waals surface area contributed by atoms with Gasteiger partial charge in [-0.2, -0.15) is 0 Å². The molecule has 216 valence electrons. The largest absolute Gasteiger partial charge is 0.481 e. The minimum Gasteiger partial charge on any atom is -0.481 e. The molecule has 0 aromatic heterocycles. The van der Waals surface area contributed by atoms with E-state index in [1.807, 2.05) is 6.08 Å². The summed E-state index contributed by atoms with van der Waals surface area (Å²) < 4.78 is 5.80. The Morgan fingerprint density at radius 1 is 0.622 bits per heavy atom. The normalized spacial score (nSPS) is 12.5. The number of ether oxygens (including phenoxy) is 1. The van der Waals surface area contributed by atoms with E-state index in [2.05, 4.69) is 32.1 Å². The van der Waals surface area contributed by atoms with Gasteiger partial charge in [-0.25, -0.2) is 0 Å². The summed E-state index contributed by atoms with van der Waals surface area (Å²) in [5, 5.41) is 8.77. The van der Waals surface area contributed by atoms with Crippen LogP contribution in [0.5, 0.6) is 0 Å². The monoisotopic (exact) mass is 520 g/mol. The summed E-state index contributed by atoms with van der Waals surface area (Å²) in [6.45, 7) is 4.47. The Bertz CT molecular complexity index is 567. The molecule has 0 aromatic rings. The van der Waals surface area contributed by atoms with Gasteiger partial charge in [0.25, 0.3) is 0 Å². The van der Waals surface area contributed by atoms with Gasteiger partial charge in [0.05, 0.1) is 0 Å². The van der Waals surface area contributed by atoms with E-state index < -0.39 is 5.97 Å². The van der Waals surface area contributed by atoms with Crippen molar-refractivity contribution in [3.8, 4) is 0 Å². The van der Waals surface area contributed by atoms with Gasteiger partial charge < -0.3 is 9.84 Å². The number of unbranched alkanes of at least 4 members (excludes halogenated alkanes) is 17. The number of esters is 1. The van der Waals surface area contributed by atoms with Crippen LogP contribution in [-0.4, -0.2) is 23.1 Å². The second-order valence-corrected chi connectivity index (χ2v) is 10.6. The Morgan fingerprint density at radius 3 is 1.70 bits per heavy atom. The minimum absolute atomic E-state index is 0.0814. The molecule has 0 fully saturated rings. The number of allylic oxidation sites excluding steroid dienone is 3. The number of carbonyl (C=O) groups is 2. The molecule has 0 bridgehead atoms. The van der Waals surface area contributed by atoms with Crippen molar-refractivity contribution in [3.63, 3.8) is 0 Å². The molecule has 0 spiro atoms. The zero-order valence-corrected chi connectivity index (χ0v) is 24.5. The molecule has 4 nitrogen and oxygen atoms in total. The molecule has 0 rings (SSSR count). The predicted molar refractivity (Wildman–Crippen MR) is 158 cm³/mol. The van der Waals surface area contributed by atoms with Gasteiger partial charge in [-0.15, -0.1) is 0 Å². The van der Waals surface area contributed by atoms with E-state index in [9.17, 15) is 9.59 Å². The Kier molecular flexibility index (Phi) is 27.7. The van der Waals surface area contributed by atoms with Crippen LogP contribution < -0.4 is 0 Å². The summed E-state index contributed by atoms with van der Waals surface area (Å²) in [7, 11) is 0. The van der Waals surface area contributed by atoms with Crippen LogP contribution in [-0.2, 0) is 14.3 Å². The predicted octanol–water partition coefficient (Wildman–Crippen LogP) is 10.5. The molecule has 1 unspecified atom stereocenters. The molecule has 37 heavy (non-hydrogen) atoms. The Labute approximate surface area is 229 Å². The summed E-state index contributed by atoms with van der Waals surface area (Å²) in [6, 6.07) is 0. The quantitative estimate of drug-likeness (QED) is 0.0633. The standard InChI is InChI=1S/C33H60O4/c1-3-5-7-9-11-12-13-14-15-16-18-20-26-30-33(36)37-31(27-23-19-17-10-8-6-4-2)28-24-21-22-25-29-32(34)35/h10,17,23,27,31H,3-9,11-16,18-22,24-26,28-30H2,1-2H3,(H,34,35)/b17-10-,27-23-. The van der Waals surface area contributed by atoms with E-state index >= 15 is 0 Å². The lowest BCUT2D eigenvalue weighted by Gasteiger charge is -2.14. The van der Waals surface area contributed by atoms with Gasteiger partial charge in [0.15, 0.2) is 0 Å². The lowest BCUT2D eigenvalue weighted by atomic mass is 10.0. The Morgan fingerprint density at radius 2 is 1.14 bits per heavy atom. The first kappa shape index (κ1) is 35.4. The third-order valence-electron chi connectivity index (χ3n) is 6.91. The molecule has 0 aliphatic carbocycles. The van der Waals surface area contributed by atoms with Crippen LogP contribution in [0.3, 0.4) is 0 Å². The summed E-state index contributed by atoms with van der Waals surface area (Å²) >= 11 is 0. The van der Waals surface area contributed by atoms with Gasteiger partial charge in [-0.05, 0) is 44.6 Å². The zero-order valence-electron chi connectivity index (χ0n) is 24.5. The summed E-state index contributed by atoms with van der Waals surface area (Å²) in [5.41, 5.74) is 0. The SMILES string of the molecule is CCCC/C=C\C/C=C\C(CCCCCCC(=O)O)OC(=O)CCCCCCCCCCCCCCC. The molecular formula is C33H60O4.